The highest BCUT2D eigenvalue weighted by atomic mass is 16.5. The molecule has 0 aromatic carbocycles. The van der Waals surface area contributed by atoms with E-state index >= 15 is 0 Å². The molecule has 0 bridgehead atoms. The van der Waals surface area contributed by atoms with E-state index in [1.165, 1.54) is 38.6 Å². The lowest BCUT2D eigenvalue weighted by Gasteiger charge is -2.34. The van der Waals surface area contributed by atoms with E-state index in [1.54, 1.807) is 0 Å². The van der Waals surface area contributed by atoms with Crippen LogP contribution < -0.4 is 0 Å². The largest absolute Gasteiger partial charge is 0.393 e. The second-order valence-corrected chi connectivity index (χ2v) is 6.19. The number of unbranched alkanes of at least 4 members (excludes halogenated alkanes) is 1. The van der Waals surface area contributed by atoms with E-state index in [4.69, 9.17) is 4.74 Å². The van der Waals surface area contributed by atoms with Crippen molar-refractivity contribution in [2.75, 3.05) is 32.8 Å². The van der Waals surface area contributed by atoms with Crippen molar-refractivity contribution in [3.8, 4) is 0 Å². The van der Waals surface area contributed by atoms with Gasteiger partial charge in [-0.05, 0) is 44.1 Å². The van der Waals surface area contributed by atoms with Gasteiger partial charge in [-0.15, -0.1) is 0 Å². The lowest BCUT2D eigenvalue weighted by atomic mass is 9.93. The highest BCUT2D eigenvalue weighted by Gasteiger charge is 2.23. The van der Waals surface area contributed by atoms with Gasteiger partial charge in [0, 0.05) is 26.3 Å². The van der Waals surface area contributed by atoms with Crippen molar-refractivity contribution < 1.29 is 9.84 Å². The molecule has 2 heterocycles. The van der Waals surface area contributed by atoms with Crippen molar-refractivity contribution in [2.45, 2.75) is 51.6 Å². The van der Waals surface area contributed by atoms with E-state index in [1.807, 2.05) is 0 Å². The summed E-state index contributed by atoms with van der Waals surface area (Å²) in [6, 6.07) is 0. The zero-order valence-corrected chi connectivity index (χ0v) is 11.8. The van der Waals surface area contributed by atoms with Gasteiger partial charge in [-0.25, -0.2) is 0 Å². The first-order valence-corrected chi connectivity index (χ1v) is 7.74. The normalized spacial score (nSPS) is 31.7. The molecule has 1 N–H and O–H groups in total. The van der Waals surface area contributed by atoms with Crippen LogP contribution in [0.15, 0.2) is 0 Å². The summed E-state index contributed by atoms with van der Waals surface area (Å²) >= 11 is 0. The maximum absolute atomic E-state index is 9.70. The standard InChI is InChI=1S/C15H29NO2/c1-13-12-16(9-5-15(13)17)8-3-2-4-14-6-10-18-11-7-14/h13-15,17H,2-12H2,1H3/t13-,15-/m0/s1. The van der Waals surface area contributed by atoms with Gasteiger partial charge in [-0.2, -0.15) is 0 Å². The van der Waals surface area contributed by atoms with Crippen LogP contribution in [0.3, 0.4) is 0 Å². The topological polar surface area (TPSA) is 32.7 Å². The van der Waals surface area contributed by atoms with Crippen molar-refractivity contribution in [2.24, 2.45) is 11.8 Å². The fourth-order valence-corrected chi connectivity index (χ4v) is 3.23. The molecule has 2 atom stereocenters. The molecule has 2 aliphatic heterocycles. The number of aliphatic hydroxyl groups excluding tert-OH is 1. The van der Waals surface area contributed by atoms with Gasteiger partial charge < -0.3 is 14.7 Å². The summed E-state index contributed by atoms with van der Waals surface area (Å²) in [4.78, 5) is 2.53. The zero-order valence-electron chi connectivity index (χ0n) is 11.8. The smallest absolute Gasteiger partial charge is 0.0590 e. The lowest BCUT2D eigenvalue weighted by molar-refractivity contribution is 0.0338. The van der Waals surface area contributed by atoms with E-state index in [0.29, 0.717) is 5.92 Å². The second kappa shape index (κ2) is 7.46. The van der Waals surface area contributed by atoms with Gasteiger partial charge in [0.15, 0.2) is 0 Å². The Bertz CT molecular complexity index is 229. The molecule has 2 rings (SSSR count). The summed E-state index contributed by atoms with van der Waals surface area (Å²) in [5, 5.41) is 9.70. The summed E-state index contributed by atoms with van der Waals surface area (Å²) in [7, 11) is 0. The molecule has 0 aromatic heterocycles. The SMILES string of the molecule is C[C@H]1CN(CCCCC2CCOCC2)CC[C@@H]1O. The molecule has 106 valence electrons. The molecule has 0 aromatic rings. The molecular weight excluding hydrogens is 226 g/mol. The van der Waals surface area contributed by atoms with Gasteiger partial charge >= 0.3 is 0 Å². The lowest BCUT2D eigenvalue weighted by Crippen LogP contribution is -2.42. The Morgan fingerprint density at radius 2 is 1.94 bits per heavy atom. The van der Waals surface area contributed by atoms with Crippen LogP contribution in [0.1, 0.15) is 45.4 Å². The number of hydrogen-bond acceptors (Lipinski definition) is 3. The summed E-state index contributed by atoms with van der Waals surface area (Å²) < 4.78 is 5.39. The first-order valence-electron chi connectivity index (χ1n) is 7.74. The van der Waals surface area contributed by atoms with Crippen molar-refractivity contribution in [3.05, 3.63) is 0 Å². The maximum Gasteiger partial charge on any atom is 0.0590 e. The number of rotatable bonds is 5. The summed E-state index contributed by atoms with van der Waals surface area (Å²) in [6.07, 6.45) is 7.50. The third-order valence-corrected chi connectivity index (χ3v) is 4.62. The van der Waals surface area contributed by atoms with Crippen LogP contribution >= 0.6 is 0 Å². The highest BCUT2D eigenvalue weighted by Crippen LogP contribution is 2.21. The third kappa shape index (κ3) is 4.52. The molecule has 2 fully saturated rings. The predicted molar refractivity (Wildman–Crippen MR) is 73.6 cm³/mol. The molecule has 3 nitrogen and oxygen atoms in total. The number of ether oxygens (including phenoxy) is 1. The van der Waals surface area contributed by atoms with Crippen LogP contribution in [0, 0.1) is 11.8 Å². The molecule has 0 spiro atoms. The Morgan fingerprint density at radius 3 is 2.67 bits per heavy atom. The molecule has 18 heavy (non-hydrogen) atoms. The van der Waals surface area contributed by atoms with E-state index in [-0.39, 0.29) is 6.10 Å². The first kappa shape index (κ1) is 14.3. The summed E-state index contributed by atoms with van der Waals surface area (Å²) in [5.74, 6) is 1.37. The molecular formula is C15H29NO2. The minimum Gasteiger partial charge on any atom is -0.393 e. The Hall–Kier alpha value is -0.120. The second-order valence-electron chi connectivity index (χ2n) is 6.19. The molecule has 0 radical (unpaired) electrons. The number of aliphatic hydroxyl groups is 1. The van der Waals surface area contributed by atoms with E-state index < -0.39 is 0 Å². The molecule has 2 saturated heterocycles. The molecule has 0 unspecified atom stereocenters. The molecule has 2 aliphatic rings. The average molecular weight is 255 g/mol. The van der Waals surface area contributed by atoms with Crippen molar-refractivity contribution in [3.63, 3.8) is 0 Å². The molecule has 0 aliphatic carbocycles. The fourth-order valence-electron chi connectivity index (χ4n) is 3.23. The molecule has 0 saturated carbocycles. The van der Waals surface area contributed by atoms with Crippen LogP contribution in [0.5, 0.6) is 0 Å². The monoisotopic (exact) mass is 255 g/mol. The quantitative estimate of drug-likeness (QED) is 0.765. The van der Waals surface area contributed by atoms with Crippen LogP contribution in [-0.2, 0) is 4.74 Å². The van der Waals surface area contributed by atoms with Gasteiger partial charge in [-0.1, -0.05) is 19.8 Å². The Labute approximate surface area is 112 Å². The van der Waals surface area contributed by atoms with E-state index in [0.717, 1.165) is 38.6 Å². The number of hydrogen-bond donors (Lipinski definition) is 1. The highest BCUT2D eigenvalue weighted by molar-refractivity contribution is 4.77. The zero-order chi connectivity index (χ0) is 12.8. The molecule has 0 amide bonds. The van der Waals surface area contributed by atoms with Crippen LogP contribution in [0.4, 0.5) is 0 Å². The van der Waals surface area contributed by atoms with Crippen LogP contribution in [-0.4, -0.2) is 49.0 Å². The van der Waals surface area contributed by atoms with Gasteiger partial charge in [-0.3, -0.25) is 0 Å². The van der Waals surface area contributed by atoms with Gasteiger partial charge in [0.1, 0.15) is 0 Å². The number of likely N-dealkylation sites (tertiary alicyclic amines) is 1. The first-order chi connectivity index (χ1) is 8.75. The minimum absolute atomic E-state index is 0.0662. The van der Waals surface area contributed by atoms with Gasteiger partial charge in [0.05, 0.1) is 6.10 Å². The van der Waals surface area contributed by atoms with Crippen LogP contribution in [0.2, 0.25) is 0 Å². The predicted octanol–water partition coefficient (Wildman–Crippen LogP) is 2.29. The molecule has 3 heteroatoms. The maximum atomic E-state index is 9.70. The van der Waals surface area contributed by atoms with E-state index in [9.17, 15) is 5.11 Å². The Balaban J connectivity index is 1.52. The Kier molecular flexibility index (Phi) is 5.93. The third-order valence-electron chi connectivity index (χ3n) is 4.62. The van der Waals surface area contributed by atoms with Gasteiger partial charge in [0.2, 0.25) is 0 Å². The summed E-state index contributed by atoms with van der Waals surface area (Å²) in [6.45, 7) is 7.51. The summed E-state index contributed by atoms with van der Waals surface area (Å²) in [5.41, 5.74) is 0. The van der Waals surface area contributed by atoms with Crippen molar-refractivity contribution in [1.29, 1.82) is 0 Å². The van der Waals surface area contributed by atoms with Gasteiger partial charge in [0.25, 0.3) is 0 Å². The minimum atomic E-state index is -0.0662. The fraction of sp³-hybridized carbons (Fsp3) is 1.00. The van der Waals surface area contributed by atoms with Crippen molar-refractivity contribution >= 4 is 0 Å². The van der Waals surface area contributed by atoms with Crippen LogP contribution in [0.25, 0.3) is 0 Å². The van der Waals surface area contributed by atoms with Crippen molar-refractivity contribution in [1.82, 2.24) is 4.90 Å². The number of piperidine rings is 1. The average Bonchev–Trinajstić information content (AvgIpc) is 2.40. The number of nitrogens with zero attached hydrogens (tertiary/aromatic N) is 1. The Morgan fingerprint density at radius 1 is 1.17 bits per heavy atom. The van der Waals surface area contributed by atoms with E-state index in [2.05, 4.69) is 11.8 Å².